The molecule has 0 saturated heterocycles. The van der Waals surface area contributed by atoms with Crippen molar-refractivity contribution in [1.82, 2.24) is 4.90 Å². The summed E-state index contributed by atoms with van der Waals surface area (Å²) in [6.45, 7) is 6.70. The van der Waals surface area contributed by atoms with Crippen LogP contribution in [0.5, 0.6) is 0 Å². The van der Waals surface area contributed by atoms with E-state index in [1.807, 2.05) is 18.7 Å². The van der Waals surface area contributed by atoms with Crippen molar-refractivity contribution in [2.24, 2.45) is 11.8 Å². The molecular weight excluding hydrogens is 230 g/mol. The second-order valence-electron chi connectivity index (χ2n) is 5.22. The van der Waals surface area contributed by atoms with Crippen molar-refractivity contribution >= 4 is 11.9 Å². The second-order valence-corrected chi connectivity index (χ2v) is 5.22. The second kappa shape index (κ2) is 6.76. The van der Waals surface area contributed by atoms with Crippen LogP contribution >= 0.6 is 0 Å². The molecule has 3 atom stereocenters. The smallest absolute Gasteiger partial charge is 0.307 e. The van der Waals surface area contributed by atoms with E-state index in [0.29, 0.717) is 13.0 Å². The normalized spacial score (nSPS) is 25.5. The van der Waals surface area contributed by atoms with Crippen molar-refractivity contribution in [2.45, 2.75) is 58.9 Å². The predicted octanol–water partition coefficient (Wildman–Crippen LogP) is 2.52. The zero-order valence-corrected chi connectivity index (χ0v) is 11.7. The molecule has 18 heavy (non-hydrogen) atoms. The van der Waals surface area contributed by atoms with Crippen LogP contribution in [-0.2, 0) is 9.59 Å². The summed E-state index contributed by atoms with van der Waals surface area (Å²) in [5.41, 5.74) is 0. The van der Waals surface area contributed by atoms with E-state index in [2.05, 4.69) is 6.92 Å². The van der Waals surface area contributed by atoms with E-state index in [-0.39, 0.29) is 17.9 Å². The Hall–Kier alpha value is -1.06. The minimum atomic E-state index is -0.812. The summed E-state index contributed by atoms with van der Waals surface area (Å²) >= 11 is 0. The third-order valence-corrected chi connectivity index (χ3v) is 4.15. The Morgan fingerprint density at radius 1 is 1.22 bits per heavy atom. The van der Waals surface area contributed by atoms with Crippen molar-refractivity contribution in [1.29, 1.82) is 0 Å². The molecule has 1 aliphatic carbocycles. The van der Waals surface area contributed by atoms with Crippen LogP contribution in [0, 0.1) is 11.8 Å². The van der Waals surface area contributed by atoms with Gasteiger partial charge in [-0.2, -0.15) is 0 Å². The Morgan fingerprint density at radius 2 is 1.78 bits per heavy atom. The minimum Gasteiger partial charge on any atom is -0.481 e. The number of carbonyl (C=O) groups is 2. The van der Waals surface area contributed by atoms with E-state index >= 15 is 0 Å². The first-order valence-corrected chi connectivity index (χ1v) is 7.06. The number of rotatable bonds is 5. The van der Waals surface area contributed by atoms with Gasteiger partial charge in [-0.25, -0.2) is 0 Å². The van der Waals surface area contributed by atoms with Crippen molar-refractivity contribution in [3.05, 3.63) is 0 Å². The summed E-state index contributed by atoms with van der Waals surface area (Å²) in [6, 6.07) is 0.193. The zero-order chi connectivity index (χ0) is 13.7. The summed E-state index contributed by atoms with van der Waals surface area (Å²) in [7, 11) is 0. The Balaban J connectivity index is 2.81. The van der Waals surface area contributed by atoms with Gasteiger partial charge >= 0.3 is 5.97 Å². The van der Waals surface area contributed by atoms with E-state index in [1.165, 1.54) is 0 Å². The third-order valence-electron chi connectivity index (χ3n) is 4.15. The van der Waals surface area contributed by atoms with Gasteiger partial charge in [0.05, 0.1) is 11.8 Å². The van der Waals surface area contributed by atoms with Crippen molar-refractivity contribution in [3.8, 4) is 0 Å². The van der Waals surface area contributed by atoms with Gasteiger partial charge in [-0.3, -0.25) is 9.59 Å². The minimum absolute atomic E-state index is 0.0407. The Morgan fingerprint density at radius 3 is 2.22 bits per heavy atom. The van der Waals surface area contributed by atoms with Gasteiger partial charge in [0.25, 0.3) is 0 Å². The van der Waals surface area contributed by atoms with Crippen LogP contribution in [0.1, 0.15) is 52.9 Å². The van der Waals surface area contributed by atoms with E-state index in [0.717, 1.165) is 25.7 Å². The lowest BCUT2D eigenvalue weighted by Gasteiger charge is -2.35. The molecule has 4 heteroatoms. The fourth-order valence-corrected chi connectivity index (χ4v) is 2.84. The van der Waals surface area contributed by atoms with E-state index in [4.69, 9.17) is 0 Å². The fourth-order valence-electron chi connectivity index (χ4n) is 2.84. The average molecular weight is 255 g/mol. The van der Waals surface area contributed by atoms with Gasteiger partial charge in [0.1, 0.15) is 0 Å². The van der Waals surface area contributed by atoms with Gasteiger partial charge in [-0.1, -0.05) is 19.8 Å². The molecule has 4 nitrogen and oxygen atoms in total. The van der Waals surface area contributed by atoms with Crippen molar-refractivity contribution in [3.63, 3.8) is 0 Å². The van der Waals surface area contributed by atoms with Gasteiger partial charge in [0.15, 0.2) is 0 Å². The highest BCUT2D eigenvalue weighted by Crippen LogP contribution is 2.32. The molecule has 1 aliphatic rings. The number of carboxylic acids is 1. The standard InChI is InChI=1S/C14H25NO3/c1-4-10(3)15(5-2)13(16)11-8-6-7-9-12(11)14(17)18/h10-12H,4-9H2,1-3H3,(H,17,18)/t10?,11-,12+/m1/s1. The Bertz CT molecular complexity index is 303. The van der Waals surface area contributed by atoms with Crippen LogP contribution in [0.3, 0.4) is 0 Å². The SMILES string of the molecule is CCC(C)N(CC)C(=O)[C@@H]1CCCC[C@@H]1C(=O)O. The molecule has 1 N–H and O–H groups in total. The molecule has 0 aliphatic heterocycles. The monoisotopic (exact) mass is 255 g/mol. The molecule has 1 rings (SSSR count). The van der Waals surface area contributed by atoms with Crippen LogP contribution in [0.2, 0.25) is 0 Å². The third kappa shape index (κ3) is 3.24. The Kier molecular flexibility index (Phi) is 5.63. The molecule has 0 aromatic rings. The highest BCUT2D eigenvalue weighted by atomic mass is 16.4. The lowest BCUT2D eigenvalue weighted by Crippen LogP contribution is -2.46. The molecule has 1 saturated carbocycles. The number of hydrogen-bond donors (Lipinski definition) is 1. The molecule has 1 unspecified atom stereocenters. The molecule has 1 fully saturated rings. The summed E-state index contributed by atoms with van der Waals surface area (Å²) in [5.74, 6) is -1.57. The number of amides is 1. The van der Waals surface area contributed by atoms with Crippen LogP contribution in [0.4, 0.5) is 0 Å². The first-order chi connectivity index (χ1) is 8.52. The molecule has 0 aromatic carbocycles. The topological polar surface area (TPSA) is 57.6 Å². The quantitative estimate of drug-likeness (QED) is 0.821. The maximum Gasteiger partial charge on any atom is 0.307 e. The van der Waals surface area contributed by atoms with Crippen molar-refractivity contribution < 1.29 is 14.7 Å². The molecule has 0 spiro atoms. The largest absolute Gasteiger partial charge is 0.481 e. The number of aliphatic carboxylic acids is 1. The lowest BCUT2D eigenvalue weighted by molar-refractivity contribution is -0.153. The summed E-state index contributed by atoms with van der Waals surface area (Å²) in [4.78, 5) is 25.6. The van der Waals surface area contributed by atoms with Gasteiger partial charge in [0.2, 0.25) is 5.91 Å². The fraction of sp³-hybridized carbons (Fsp3) is 0.857. The van der Waals surface area contributed by atoms with Gasteiger partial charge < -0.3 is 10.0 Å². The maximum absolute atomic E-state index is 12.5. The van der Waals surface area contributed by atoms with E-state index < -0.39 is 11.9 Å². The van der Waals surface area contributed by atoms with Crippen LogP contribution in [-0.4, -0.2) is 34.5 Å². The van der Waals surface area contributed by atoms with Crippen LogP contribution in [0.25, 0.3) is 0 Å². The summed E-state index contributed by atoms with van der Waals surface area (Å²) in [6.07, 6.45) is 4.17. The predicted molar refractivity (Wildman–Crippen MR) is 70.2 cm³/mol. The molecule has 0 radical (unpaired) electrons. The number of nitrogens with zero attached hydrogens (tertiary/aromatic N) is 1. The molecule has 104 valence electrons. The van der Waals surface area contributed by atoms with Crippen LogP contribution < -0.4 is 0 Å². The first kappa shape index (κ1) is 15.0. The van der Waals surface area contributed by atoms with E-state index in [1.54, 1.807) is 0 Å². The average Bonchev–Trinajstić information content (AvgIpc) is 2.39. The number of hydrogen-bond acceptors (Lipinski definition) is 2. The first-order valence-electron chi connectivity index (χ1n) is 7.06. The molecular formula is C14H25NO3. The van der Waals surface area contributed by atoms with E-state index in [9.17, 15) is 14.7 Å². The molecule has 0 bridgehead atoms. The lowest BCUT2D eigenvalue weighted by atomic mass is 9.78. The molecule has 0 aromatic heterocycles. The maximum atomic E-state index is 12.5. The number of carbonyl (C=O) groups excluding carboxylic acids is 1. The number of carboxylic acid groups (broad SMARTS) is 1. The van der Waals surface area contributed by atoms with Gasteiger partial charge in [-0.15, -0.1) is 0 Å². The van der Waals surface area contributed by atoms with Gasteiger partial charge in [-0.05, 0) is 33.1 Å². The van der Waals surface area contributed by atoms with Crippen LogP contribution in [0.15, 0.2) is 0 Å². The highest BCUT2D eigenvalue weighted by Gasteiger charge is 2.38. The van der Waals surface area contributed by atoms with Gasteiger partial charge in [0, 0.05) is 12.6 Å². The summed E-state index contributed by atoms with van der Waals surface area (Å²) < 4.78 is 0. The molecule has 0 heterocycles. The Labute approximate surface area is 109 Å². The summed E-state index contributed by atoms with van der Waals surface area (Å²) in [5, 5.41) is 9.24. The molecule has 1 amide bonds. The zero-order valence-electron chi connectivity index (χ0n) is 11.7. The highest BCUT2D eigenvalue weighted by molar-refractivity contribution is 5.85. The van der Waals surface area contributed by atoms with Crippen molar-refractivity contribution in [2.75, 3.05) is 6.54 Å².